The summed E-state index contributed by atoms with van der Waals surface area (Å²) < 4.78 is 10.8. The number of anilines is 1. The lowest BCUT2D eigenvalue weighted by molar-refractivity contribution is -0.122. The van der Waals surface area contributed by atoms with Crippen molar-refractivity contribution in [3.05, 3.63) is 57.6 Å². The van der Waals surface area contributed by atoms with Gasteiger partial charge in [0.25, 0.3) is 5.91 Å². The summed E-state index contributed by atoms with van der Waals surface area (Å²) in [6, 6.07) is 8.70. The van der Waals surface area contributed by atoms with E-state index in [1.54, 1.807) is 51.1 Å². The van der Waals surface area contributed by atoms with Crippen LogP contribution < -0.4 is 10.1 Å². The number of rotatable bonds is 6. The minimum Gasteiger partial charge on any atom is -0.481 e. The largest absolute Gasteiger partial charge is 0.481 e. The Morgan fingerprint density at radius 2 is 1.78 bits per heavy atom. The van der Waals surface area contributed by atoms with E-state index in [9.17, 15) is 9.59 Å². The number of amides is 1. The van der Waals surface area contributed by atoms with E-state index in [-0.39, 0.29) is 5.91 Å². The number of aryl methyl sites for hydroxylation is 2. The number of hydrogen-bond acceptors (Lipinski definition) is 4. The number of hydrogen-bond donors (Lipinski definition) is 1. The van der Waals surface area contributed by atoms with Gasteiger partial charge >= 0.3 is 5.97 Å². The highest BCUT2D eigenvalue weighted by Gasteiger charge is 2.19. The Hall–Kier alpha value is -2.53. The van der Waals surface area contributed by atoms with Gasteiger partial charge in [-0.05, 0) is 75.6 Å². The molecule has 0 fully saturated rings. The van der Waals surface area contributed by atoms with E-state index in [4.69, 9.17) is 21.1 Å². The maximum atomic E-state index is 12.5. The first-order valence-corrected chi connectivity index (χ1v) is 9.13. The highest BCUT2D eigenvalue weighted by Crippen LogP contribution is 2.27. The van der Waals surface area contributed by atoms with Crippen molar-refractivity contribution in [2.75, 3.05) is 11.9 Å². The first kappa shape index (κ1) is 20.8. The molecular formula is C21H24ClNO4. The Kier molecular flexibility index (Phi) is 6.86. The molecule has 0 spiro atoms. The van der Waals surface area contributed by atoms with Crippen LogP contribution in [0.3, 0.4) is 0 Å². The van der Waals surface area contributed by atoms with Crippen molar-refractivity contribution < 1.29 is 19.1 Å². The standard InChI is InChI=1S/C21H24ClNO4/c1-6-26-21(25)17-8-7-9-18(14(17)4)23-20(24)15(5)27-16-10-12(2)19(22)13(3)11-16/h7-11,15H,6H2,1-5H3,(H,23,24). The van der Waals surface area contributed by atoms with Gasteiger partial charge in [-0.3, -0.25) is 4.79 Å². The average Bonchev–Trinajstić information content (AvgIpc) is 2.61. The molecule has 2 aromatic carbocycles. The second-order valence-corrected chi connectivity index (χ2v) is 6.70. The zero-order valence-electron chi connectivity index (χ0n) is 16.2. The van der Waals surface area contributed by atoms with Crippen LogP contribution in [0.4, 0.5) is 5.69 Å². The van der Waals surface area contributed by atoms with E-state index in [1.165, 1.54) is 0 Å². The summed E-state index contributed by atoms with van der Waals surface area (Å²) in [7, 11) is 0. The smallest absolute Gasteiger partial charge is 0.338 e. The molecule has 1 N–H and O–H groups in total. The van der Waals surface area contributed by atoms with E-state index < -0.39 is 12.1 Å². The van der Waals surface area contributed by atoms with Crippen LogP contribution in [0.25, 0.3) is 0 Å². The molecule has 2 aromatic rings. The van der Waals surface area contributed by atoms with E-state index in [0.29, 0.717) is 34.2 Å². The molecule has 5 nitrogen and oxygen atoms in total. The van der Waals surface area contributed by atoms with Gasteiger partial charge in [0.05, 0.1) is 12.2 Å². The van der Waals surface area contributed by atoms with Gasteiger partial charge in [-0.15, -0.1) is 0 Å². The predicted molar refractivity (Wildman–Crippen MR) is 107 cm³/mol. The third kappa shape index (κ3) is 5.01. The van der Waals surface area contributed by atoms with E-state index >= 15 is 0 Å². The number of ether oxygens (including phenoxy) is 2. The van der Waals surface area contributed by atoms with Gasteiger partial charge in [0.1, 0.15) is 5.75 Å². The molecule has 0 aliphatic rings. The number of halogens is 1. The van der Waals surface area contributed by atoms with Gasteiger partial charge in [0.2, 0.25) is 0 Å². The molecular weight excluding hydrogens is 366 g/mol. The van der Waals surface area contributed by atoms with E-state index in [1.807, 2.05) is 13.8 Å². The molecule has 0 heterocycles. The third-order valence-electron chi connectivity index (χ3n) is 4.18. The summed E-state index contributed by atoms with van der Waals surface area (Å²) in [6.45, 7) is 9.24. The molecule has 1 amide bonds. The van der Waals surface area contributed by atoms with Crippen LogP contribution in [0.5, 0.6) is 5.75 Å². The van der Waals surface area contributed by atoms with Gasteiger partial charge in [-0.25, -0.2) is 4.79 Å². The summed E-state index contributed by atoms with van der Waals surface area (Å²) in [6.07, 6.45) is -0.726. The van der Waals surface area contributed by atoms with Crippen LogP contribution in [0.15, 0.2) is 30.3 Å². The summed E-state index contributed by atoms with van der Waals surface area (Å²) >= 11 is 6.16. The zero-order valence-corrected chi connectivity index (χ0v) is 16.9. The van der Waals surface area contributed by atoms with E-state index in [2.05, 4.69) is 5.32 Å². The molecule has 0 aliphatic heterocycles. The second kappa shape index (κ2) is 8.91. The van der Waals surface area contributed by atoms with Crippen LogP contribution in [0.1, 0.15) is 40.9 Å². The van der Waals surface area contributed by atoms with Gasteiger partial charge < -0.3 is 14.8 Å². The summed E-state index contributed by atoms with van der Waals surface area (Å²) in [5, 5.41) is 3.50. The predicted octanol–water partition coefficient (Wildman–Crippen LogP) is 4.85. The van der Waals surface area contributed by atoms with Crippen molar-refractivity contribution in [2.45, 2.75) is 40.7 Å². The molecule has 1 unspecified atom stereocenters. The summed E-state index contributed by atoms with van der Waals surface area (Å²) in [4.78, 5) is 24.5. The molecule has 0 radical (unpaired) electrons. The van der Waals surface area contributed by atoms with E-state index in [0.717, 1.165) is 11.1 Å². The first-order chi connectivity index (χ1) is 12.7. The molecule has 144 valence electrons. The van der Waals surface area contributed by atoms with Gasteiger partial charge in [0, 0.05) is 10.7 Å². The zero-order chi connectivity index (χ0) is 20.1. The fourth-order valence-electron chi connectivity index (χ4n) is 2.67. The first-order valence-electron chi connectivity index (χ1n) is 8.75. The van der Waals surface area contributed by atoms with Gasteiger partial charge in [0.15, 0.2) is 6.10 Å². The highest BCUT2D eigenvalue weighted by molar-refractivity contribution is 6.32. The van der Waals surface area contributed by atoms with Crippen LogP contribution >= 0.6 is 11.6 Å². The molecule has 0 aromatic heterocycles. The maximum absolute atomic E-state index is 12.5. The molecule has 27 heavy (non-hydrogen) atoms. The van der Waals surface area contributed by atoms with Crippen molar-refractivity contribution in [2.24, 2.45) is 0 Å². The SMILES string of the molecule is CCOC(=O)c1cccc(NC(=O)C(C)Oc2cc(C)c(Cl)c(C)c2)c1C. The van der Waals surface area contributed by atoms with Crippen molar-refractivity contribution in [3.63, 3.8) is 0 Å². The topological polar surface area (TPSA) is 64.6 Å². The molecule has 0 bridgehead atoms. The minimum absolute atomic E-state index is 0.291. The molecule has 0 aliphatic carbocycles. The summed E-state index contributed by atoms with van der Waals surface area (Å²) in [5.41, 5.74) is 3.39. The Balaban J connectivity index is 2.13. The quantitative estimate of drug-likeness (QED) is 0.717. The number of nitrogens with one attached hydrogen (secondary N) is 1. The Morgan fingerprint density at radius 1 is 1.15 bits per heavy atom. The van der Waals surface area contributed by atoms with Crippen molar-refractivity contribution >= 4 is 29.2 Å². The van der Waals surface area contributed by atoms with Gasteiger partial charge in [-0.2, -0.15) is 0 Å². The fourth-order valence-corrected chi connectivity index (χ4v) is 2.78. The number of carbonyl (C=O) groups excluding carboxylic acids is 2. The highest BCUT2D eigenvalue weighted by atomic mass is 35.5. The van der Waals surface area contributed by atoms with Gasteiger partial charge in [-0.1, -0.05) is 17.7 Å². The Bertz CT molecular complexity index is 840. The Labute approximate surface area is 164 Å². The molecule has 0 saturated heterocycles. The Morgan fingerprint density at radius 3 is 2.37 bits per heavy atom. The fraction of sp³-hybridized carbons (Fsp3) is 0.333. The second-order valence-electron chi connectivity index (χ2n) is 6.32. The van der Waals surface area contributed by atoms with Crippen molar-refractivity contribution in [1.82, 2.24) is 0 Å². The van der Waals surface area contributed by atoms with Crippen LogP contribution in [-0.2, 0) is 9.53 Å². The lowest BCUT2D eigenvalue weighted by atomic mass is 10.1. The maximum Gasteiger partial charge on any atom is 0.338 e. The number of benzene rings is 2. The lowest BCUT2D eigenvalue weighted by Crippen LogP contribution is -2.30. The van der Waals surface area contributed by atoms with Crippen LogP contribution in [0, 0.1) is 20.8 Å². The van der Waals surface area contributed by atoms with Crippen LogP contribution in [0.2, 0.25) is 5.02 Å². The van der Waals surface area contributed by atoms with Crippen molar-refractivity contribution in [3.8, 4) is 5.75 Å². The molecule has 0 saturated carbocycles. The average molecular weight is 390 g/mol. The monoisotopic (exact) mass is 389 g/mol. The molecule has 6 heteroatoms. The minimum atomic E-state index is -0.726. The normalized spacial score (nSPS) is 11.6. The van der Waals surface area contributed by atoms with Crippen LogP contribution in [-0.4, -0.2) is 24.6 Å². The lowest BCUT2D eigenvalue weighted by Gasteiger charge is -2.17. The number of esters is 1. The van der Waals surface area contributed by atoms with Crippen molar-refractivity contribution in [1.29, 1.82) is 0 Å². The molecule has 1 atom stereocenters. The third-order valence-corrected chi connectivity index (χ3v) is 4.78. The molecule has 2 rings (SSSR count). The summed E-state index contributed by atoms with van der Waals surface area (Å²) in [5.74, 6) is -0.152. The number of carbonyl (C=O) groups is 2.